The standard InChI is InChI=1S/C21H16Cl2O/c22-20-7-3-1-5-18(20)12-15-9-16(11-17(10-15)14-24)13-19-6-2-4-8-21(19)23/h1-11,14H,12-13H2. The van der Waals surface area contributed by atoms with Gasteiger partial charge in [-0.2, -0.15) is 0 Å². The minimum atomic E-state index is 0.668. The molecule has 0 unspecified atom stereocenters. The van der Waals surface area contributed by atoms with E-state index in [-0.39, 0.29) is 0 Å². The smallest absolute Gasteiger partial charge is 0.150 e. The summed E-state index contributed by atoms with van der Waals surface area (Å²) < 4.78 is 0. The molecule has 0 aromatic heterocycles. The van der Waals surface area contributed by atoms with Crippen molar-refractivity contribution in [2.75, 3.05) is 0 Å². The Labute approximate surface area is 151 Å². The Bertz CT molecular complexity index is 805. The van der Waals surface area contributed by atoms with E-state index in [9.17, 15) is 4.79 Å². The van der Waals surface area contributed by atoms with Gasteiger partial charge in [0.2, 0.25) is 0 Å². The summed E-state index contributed by atoms with van der Waals surface area (Å²) in [6, 6.07) is 21.5. The highest BCUT2D eigenvalue weighted by Crippen LogP contribution is 2.23. The molecule has 3 rings (SSSR count). The molecule has 0 amide bonds. The van der Waals surface area contributed by atoms with Crippen molar-refractivity contribution in [2.24, 2.45) is 0 Å². The van der Waals surface area contributed by atoms with Crippen LogP contribution in [-0.2, 0) is 12.8 Å². The van der Waals surface area contributed by atoms with Gasteiger partial charge in [0, 0.05) is 15.6 Å². The Morgan fingerprint density at radius 2 is 1.17 bits per heavy atom. The summed E-state index contributed by atoms with van der Waals surface area (Å²) >= 11 is 12.5. The zero-order valence-corrected chi connectivity index (χ0v) is 14.5. The van der Waals surface area contributed by atoms with Crippen molar-refractivity contribution in [3.63, 3.8) is 0 Å². The van der Waals surface area contributed by atoms with Crippen LogP contribution < -0.4 is 0 Å². The molecular formula is C21H16Cl2O. The van der Waals surface area contributed by atoms with E-state index < -0.39 is 0 Å². The van der Waals surface area contributed by atoms with E-state index in [1.54, 1.807) is 0 Å². The van der Waals surface area contributed by atoms with Crippen LogP contribution in [0.3, 0.4) is 0 Å². The highest BCUT2D eigenvalue weighted by molar-refractivity contribution is 6.31. The van der Waals surface area contributed by atoms with Gasteiger partial charge in [-0.15, -0.1) is 0 Å². The topological polar surface area (TPSA) is 17.1 Å². The number of aldehydes is 1. The summed E-state index contributed by atoms with van der Waals surface area (Å²) in [6.45, 7) is 0. The number of halogens is 2. The number of hydrogen-bond acceptors (Lipinski definition) is 1. The number of hydrogen-bond donors (Lipinski definition) is 0. The first-order valence-corrected chi connectivity index (χ1v) is 8.46. The van der Waals surface area contributed by atoms with E-state index in [2.05, 4.69) is 6.07 Å². The van der Waals surface area contributed by atoms with E-state index >= 15 is 0 Å². The van der Waals surface area contributed by atoms with Crippen LogP contribution in [0.4, 0.5) is 0 Å². The second kappa shape index (κ2) is 7.65. The van der Waals surface area contributed by atoms with Crippen LogP contribution in [0.1, 0.15) is 32.6 Å². The molecule has 0 spiro atoms. The molecular weight excluding hydrogens is 339 g/mol. The Balaban J connectivity index is 1.92. The van der Waals surface area contributed by atoms with Gasteiger partial charge < -0.3 is 0 Å². The van der Waals surface area contributed by atoms with Crippen molar-refractivity contribution in [2.45, 2.75) is 12.8 Å². The van der Waals surface area contributed by atoms with Gasteiger partial charge in [-0.05, 0) is 59.4 Å². The summed E-state index contributed by atoms with van der Waals surface area (Å²) in [5.74, 6) is 0. The molecule has 0 saturated heterocycles. The highest BCUT2D eigenvalue weighted by Gasteiger charge is 2.07. The fraction of sp³-hybridized carbons (Fsp3) is 0.0952. The predicted octanol–water partition coefficient (Wildman–Crippen LogP) is 5.99. The lowest BCUT2D eigenvalue weighted by Gasteiger charge is -2.10. The van der Waals surface area contributed by atoms with Crippen LogP contribution in [0, 0.1) is 0 Å². The van der Waals surface area contributed by atoms with Crippen molar-refractivity contribution >= 4 is 29.5 Å². The molecule has 0 aliphatic heterocycles. The summed E-state index contributed by atoms with van der Waals surface area (Å²) in [4.78, 5) is 11.3. The van der Waals surface area contributed by atoms with Crippen molar-refractivity contribution in [3.8, 4) is 0 Å². The summed E-state index contributed by atoms with van der Waals surface area (Å²) in [6.07, 6.45) is 2.26. The van der Waals surface area contributed by atoms with E-state index in [1.807, 2.05) is 60.7 Å². The number of carbonyl (C=O) groups excluding carboxylic acids is 1. The third kappa shape index (κ3) is 4.05. The molecule has 0 atom stereocenters. The largest absolute Gasteiger partial charge is 0.298 e. The second-order valence-electron chi connectivity index (χ2n) is 5.74. The molecule has 0 fully saturated rings. The maximum absolute atomic E-state index is 11.3. The first-order valence-electron chi connectivity index (χ1n) is 7.70. The Morgan fingerprint density at radius 3 is 1.58 bits per heavy atom. The zero-order chi connectivity index (χ0) is 16.9. The second-order valence-corrected chi connectivity index (χ2v) is 6.55. The zero-order valence-electron chi connectivity index (χ0n) is 13.0. The molecule has 0 aliphatic carbocycles. The molecule has 0 bridgehead atoms. The molecule has 3 aromatic rings. The van der Waals surface area contributed by atoms with Gasteiger partial charge in [0.1, 0.15) is 6.29 Å². The minimum absolute atomic E-state index is 0.668. The van der Waals surface area contributed by atoms with Crippen LogP contribution in [0.25, 0.3) is 0 Å². The molecule has 0 aliphatic rings. The van der Waals surface area contributed by atoms with E-state index in [1.165, 1.54) is 0 Å². The highest BCUT2D eigenvalue weighted by atomic mass is 35.5. The molecule has 3 aromatic carbocycles. The van der Waals surface area contributed by atoms with E-state index in [0.717, 1.165) is 38.6 Å². The van der Waals surface area contributed by atoms with Gasteiger partial charge in [-0.3, -0.25) is 4.79 Å². The van der Waals surface area contributed by atoms with Crippen LogP contribution in [0.15, 0.2) is 66.7 Å². The van der Waals surface area contributed by atoms with Crippen LogP contribution in [0.2, 0.25) is 10.0 Å². The fourth-order valence-electron chi connectivity index (χ4n) is 2.79. The molecule has 120 valence electrons. The normalized spacial score (nSPS) is 10.6. The van der Waals surface area contributed by atoms with E-state index in [0.29, 0.717) is 18.4 Å². The van der Waals surface area contributed by atoms with Crippen LogP contribution >= 0.6 is 23.2 Å². The summed E-state index contributed by atoms with van der Waals surface area (Å²) in [7, 11) is 0. The van der Waals surface area contributed by atoms with Gasteiger partial charge in [-0.25, -0.2) is 0 Å². The SMILES string of the molecule is O=Cc1cc(Cc2ccccc2Cl)cc(Cc2ccccc2Cl)c1. The predicted molar refractivity (Wildman–Crippen MR) is 100 cm³/mol. The van der Waals surface area contributed by atoms with Gasteiger partial charge in [0.15, 0.2) is 0 Å². The minimum Gasteiger partial charge on any atom is -0.298 e. The van der Waals surface area contributed by atoms with Gasteiger partial charge in [-0.1, -0.05) is 65.7 Å². The average molecular weight is 355 g/mol. The maximum atomic E-state index is 11.3. The number of rotatable bonds is 5. The van der Waals surface area contributed by atoms with Crippen molar-refractivity contribution in [1.82, 2.24) is 0 Å². The van der Waals surface area contributed by atoms with Crippen molar-refractivity contribution in [3.05, 3.63) is 105 Å². The quantitative estimate of drug-likeness (QED) is 0.514. The molecule has 0 N–H and O–H groups in total. The molecule has 3 heteroatoms. The molecule has 24 heavy (non-hydrogen) atoms. The lowest BCUT2D eigenvalue weighted by molar-refractivity contribution is 0.112. The van der Waals surface area contributed by atoms with Gasteiger partial charge >= 0.3 is 0 Å². The summed E-state index contributed by atoms with van der Waals surface area (Å²) in [5.41, 5.74) is 4.89. The number of benzene rings is 3. The third-order valence-electron chi connectivity index (χ3n) is 3.92. The summed E-state index contributed by atoms with van der Waals surface area (Å²) in [5, 5.41) is 1.48. The maximum Gasteiger partial charge on any atom is 0.150 e. The molecule has 0 heterocycles. The Morgan fingerprint density at radius 1 is 0.708 bits per heavy atom. The Kier molecular flexibility index (Phi) is 5.34. The van der Waals surface area contributed by atoms with Crippen molar-refractivity contribution < 1.29 is 4.79 Å². The van der Waals surface area contributed by atoms with Crippen LogP contribution in [0.5, 0.6) is 0 Å². The van der Waals surface area contributed by atoms with Gasteiger partial charge in [0.05, 0.1) is 0 Å². The molecule has 1 nitrogen and oxygen atoms in total. The number of carbonyl (C=O) groups is 1. The lowest BCUT2D eigenvalue weighted by atomic mass is 9.97. The monoisotopic (exact) mass is 354 g/mol. The van der Waals surface area contributed by atoms with E-state index in [4.69, 9.17) is 23.2 Å². The molecule has 0 radical (unpaired) electrons. The lowest BCUT2D eigenvalue weighted by Crippen LogP contribution is -1.96. The first-order chi connectivity index (χ1) is 11.7. The average Bonchev–Trinajstić information content (AvgIpc) is 2.59. The Hall–Kier alpha value is -2.09. The van der Waals surface area contributed by atoms with Crippen LogP contribution in [-0.4, -0.2) is 6.29 Å². The third-order valence-corrected chi connectivity index (χ3v) is 4.65. The van der Waals surface area contributed by atoms with Gasteiger partial charge in [0.25, 0.3) is 0 Å². The first kappa shape index (κ1) is 16.8. The fourth-order valence-corrected chi connectivity index (χ4v) is 3.19. The molecule has 0 saturated carbocycles. The van der Waals surface area contributed by atoms with Crippen molar-refractivity contribution in [1.29, 1.82) is 0 Å².